The summed E-state index contributed by atoms with van der Waals surface area (Å²) in [7, 11) is 1.54. The highest BCUT2D eigenvalue weighted by Crippen LogP contribution is 2.41. The highest BCUT2D eigenvalue weighted by Gasteiger charge is 2.35. The first-order chi connectivity index (χ1) is 26.7. The molecule has 278 valence electrons. The van der Waals surface area contributed by atoms with Gasteiger partial charge in [0.15, 0.2) is 11.5 Å². The highest BCUT2D eigenvalue weighted by atomic mass is 16.5. The van der Waals surface area contributed by atoms with Gasteiger partial charge < -0.3 is 34.9 Å². The lowest BCUT2D eigenvalue weighted by Crippen LogP contribution is -2.32. The zero-order chi connectivity index (χ0) is 38.2. The minimum Gasteiger partial charge on any atom is -0.493 e. The van der Waals surface area contributed by atoms with Crippen LogP contribution in [0.1, 0.15) is 72.6 Å². The summed E-state index contributed by atoms with van der Waals surface area (Å²) in [5.41, 5.74) is 13.7. The SMILES string of the molecule is COc1cc2c(cc1OCCCOc1cc3c(cc1C)C(=O)N1C=C(c4ccc(C(=O)O)cc4)C[C@H]1C=N3)N=C[C@@H]1CC(c3ccc(CN)cc3)=CN1C2=O. The number of aliphatic imine (C=N–C) groups is 2. The fraction of sp³-hybridized carbons (Fsp3) is 0.233. The van der Waals surface area contributed by atoms with Crippen molar-refractivity contribution >= 4 is 52.7 Å². The van der Waals surface area contributed by atoms with E-state index in [1.165, 1.54) is 0 Å². The Balaban J connectivity index is 0.892. The third-order valence-electron chi connectivity index (χ3n) is 10.3. The number of carboxylic acid groups (broad SMARTS) is 1. The van der Waals surface area contributed by atoms with E-state index >= 15 is 0 Å². The number of rotatable bonds is 11. The molecule has 4 aromatic rings. The van der Waals surface area contributed by atoms with Crippen LogP contribution in [-0.2, 0) is 6.54 Å². The van der Waals surface area contributed by atoms with Crippen LogP contribution in [0.5, 0.6) is 17.2 Å². The summed E-state index contributed by atoms with van der Waals surface area (Å²) in [6, 6.07) is 21.3. The lowest BCUT2D eigenvalue weighted by atomic mass is 10.0. The van der Waals surface area contributed by atoms with E-state index < -0.39 is 5.97 Å². The molecule has 4 heterocycles. The third-order valence-corrected chi connectivity index (χ3v) is 10.3. The number of ether oxygens (including phenoxy) is 3. The zero-order valence-electron chi connectivity index (χ0n) is 30.4. The number of nitrogens with two attached hydrogens (primary N) is 1. The average Bonchev–Trinajstić information content (AvgIpc) is 3.78. The van der Waals surface area contributed by atoms with Crippen molar-refractivity contribution in [2.45, 2.75) is 44.8 Å². The number of methoxy groups -OCH3 is 1. The van der Waals surface area contributed by atoms with Crippen LogP contribution in [0.15, 0.2) is 95.2 Å². The van der Waals surface area contributed by atoms with Crippen molar-refractivity contribution in [3.05, 3.63) is 124 Å². The summed E-state index contributed by atoms with van der Waals surface area (Å²) >= 11 is 0. The predicted molar refractivity (Wildman–Crippen MR) is 209 cm³/mol. The minimum absolute atomic E-state index is 0.155. The van der Waals surface area contributed by atoms with Crippen molar-refractivity contribution in [1.82, 2.24) is 9.80 Å². The molecule has 0 spiro atoms. The average molecular weight is 738 g/mol. The molecule has 0 saturated heterocycles. The van der Waals surface area contributed by atoms with E-state index in [0.29, 0.717) is 78.8 Å². The van der Waals surface area contributed by atoms with Crippen molar-refractivity contribution in [3.63, 3.8) is 0 Å². The summed E-state index contributed by atoms with van der Waals surface area (Å²) in [6.45, 7) is 3.04. The van der Waals surface area contributed by atoms with Gasteiger partial charge in [0, 0.05) is 62.8 Å². The van der Waals surface area contributed by atoms with Crippen LogP contribution < -0.4 is 19.9 Å². The smallest absolute Gasteiger partial charge is 0.335 e. The number of carboxylic acids is 1. The first-order valence-electron chi connectivity index (χ1n) is 18.1. The van der Waals surface area contributed by atoms with E-state index in [9.17, 15) is 19.5 Å². The Morgan fingerprint density at radius 1 is 0.764 bits per heavy atom. The van der Waals surface area contributed by atoms with Crippen molar-refractivity contribution < 1.29 is 33.7 Å². The molecule has 8 rings (SSSR count). The lowest BCUT2D eigenvalue weighted by molar-refractivity contribution is 0.0695. The largest absolute Gasteiger partial charge is 0.493 e. The van der Waals surface area contributed by atoms with Crippen LogP contribution in [0.3, 0.4) is 0 Å². The fourth-order valence-electron chi connectivity index (χ4n) is 7.26. The van der Waals surface area contributed by atoms with Crippen LogP contribution >= 0.6 is 0 Å². The molecule has 0 aromatic heterocycles. The molecule has 0 aliphatic carbocycles. The number of benzene rings is 4. The van der Waals surface area contributed by atoms with Gasteiger partial charge in [0.2, 0.25) is 0 Å². The Hall–Kier alpha value is -6.53. The third kappa shape index (κ3) is 6.88. The van der Waals surface area contributed by atoms with Crippen molar-refractivity contribution in [2.75, 3.05) is 20.3 Å². The monoisotopic (exact) mass is 737 g/mol. The van der Waals surface area contributed by atoms with E-state index in [0.717, 1.165) is 33.4 Å². The number of hydrogen-bond acceptors (Lipinski definition) is 9. The molecule has 12 heteroatoms. The number of carbonyl (C=O) groups is 3. The van der Waals surface area contributed by atoms with Gasteiger partial charge in [-0.15, -0.1) is 0 Å². The van der Waals surface area contributed by atoms with Crippen LogP contribution in [-0.4, -0.2) is 77.5 Å². The number of nitrogens with zero attached hydrogens (tertiary/aromatic N) is 4. The van der Waals surface area contributed by atoms with Crippen LogP contribution in [0.25, 0.3) is 11.1 Å². The molecular weight excluding hydrogens is 699 g/mol. The second-order valence-electron chi connectivity index (χ2n) is 13.8. The van der Waals surface area contributed by atoms with Gasteiger partial charge in [0.05, 0.1) is 60.5 Å². The summed E-state index contributed by atoms with van der Waals surface area (Å²) in [4.78, 5) is 51.5. The summed E-state index contributed by atoms with van der Waals surface area (Å²) in [5.74, 6) is 0.245. The van der Waals surface area contributed by atoms with E-state index in [4.69, 9.17) is 24.9 Å². The standard InChI is InChI=1S/C43H39N5O7/c1-25-14-34-36(45-21-32-16-31(24-47(32)41(34)49)28-8-10-29(11-9-28)43(51)52)18-38(25)54-12-3-13-55-40-19-37-35(17-39(40)53-2)42(50)48-23-30(15-33(48)22-46-37)27-6-4-26(20-44)5-7-27/h4-11,14,17-19,21-24,32-33H,3,12-13,15-16,20,44H2,1-2H3,(H,51,52)/t32-,33-/m0/s1. The number of carbonyl (C=O) groups excluding carboxylic acids is 2. The normalized spacial score (nSPS) is 18.1. The van der Waals surface area contributed by atoms with Gasteiger partial charge in [-0.3, -0.25) is 19.6 Å². The van der Waals surface area contributed by atoms with Gasteiger partial charge in [-0.1, -0.05) is 36.4 Å². The fourth-order valence-corrected chi connectivity index (χ4v) is 7.26. The van der Waals surface area contributed by atoms with Crippen molar-refractivity contribution in [2.24, 2.45) is 15.7 Å². The number of hydrogen-bond donors (Lipinski definition) is 2. The quantitative estimate of drug-likeness (QED) is 0.157. The van der Waals surface area contributed by atoms with Crippen LogP contribution in [0.2, 0.25) is 0 Å². The Morgan fingerprint density at radius 2 is 1.29 bits per heavy atom. The molecule has 0 unspecified atom stereocenters. The Kier molecular flexibility index (Phi) is 9.50. The molecule has 4 aliphatic heterocycles. The summed E-state index contributed by atoms with van der Waals surface area (Å²) in [5, 5.41) is 9.23. The molecular formula is C43H39N5O7. The molecule has 0 radical (unpaired) electrons. The van der Waals surface area contributed by atoms with E-state index in [1.54, 1.807) is 71.7 Å². The first kappa shape index (κ1) is 35.5. The molecule has 3 N–H and O–H groups in total. The van der Waals surface area contributed by atoms with E-state index in [-0.39, 0.29) is 29.5 Å². The van der Waals surface area contributed by atoms with Gasteiger partial charge in [-0.25, -0.2) is 4.79 Å². The predicted octanol–water partition coefficient (Wildman–Crippen LogP) is 6.95. The maximum absolute atomic E-state index is 13.7. The molecule has 4 aromatic carbocycles. The molecule has 0 saturated carbocycles. The van der Waals surface area contributed by atoms with E-state index in [1.807, 2.05) is 49.8 Å². The summed E-state index contributed by atoms with van der Waals surface area (Å²) in [6.07, 6.45) is 9.09. The van der Waals surface area contributed by atoms with Crippen LogP contribution in [0, 0.1) is 6.92 Å². The molecule has 4 aliphatic rings. The Bertz CT molecular complexity index is 2330. The van der Waals surface area contributed by atoms with Gasteiger partial charge in [-0.05, 0) is 64.6 Å². The first-order valence-corrected chi connectivity index (χ1v) is 18.1. The highest BCUT2D eigenvalue weighted by molar-refractivity contribution is 6.06. The second kappa shape index (κ2) is 14.7. The maximum atomic E-state index is 13.7. The molecule has 12 nitrogen and oxygen atoms in total. The lowest BCUT2D eigenvalue weighted by Gasteiger charge is -2.19. The topological polar surface area (TPSA) is 156 Å². The molecule has 0 bridgehead atoms. The summed E-state index contributed by atoms with van der Waals surface area (Å²) < 4.78 is 17.9. The van der Waals surface area contributed by atoms with Gasteiger partial charge >= 0.3 is 5.97 Å². The number of amides is 2. The van der Waals surface area contributed by atoms with Gasteiger partial charge in [-0.2, -0.15) is 0 Å². The molecule has 55 heavy (non-hydrogen) atoms. The molecule has 2 amide bonds. The van der Waals surface area contributed by atoms with Gasteiger partial charge in [0.25, 0.3) is 11.8 Å². The number of fused-ring (bicyclic) bond motifs is 4. The number of aromatic carboxylic acids is 1. The minimum atomic E-state index is -0.983. The molecule has 0 fully saturated rings. The van der Waals surface area contributed by atoms with E-state index in [2.05, 4.69) is 4.99 Å². The second-order valence-corrected chi connectivity index (χ2v) is 13.8. The van der Waals surface area contributed by atoms with Gasteiger partial charge in [0.1, 0.15) is 5.75 Å². The maximum Gasteiger partial charge on any atom is 0.335 e. The zero-order valence-corrected chi connectivity index (χ0v) is 30.4. The number of aryl methyl sites for hydroxylation is 1. The van der Waals surface area contributed by atoms with Crippen molar-refractivity contribution in [3.8, 4) is 17.2 Å². The van der Waals surface area contributed by atoms with Crippen molar-refractivity contribution in [1.29, 1.82) is 0 Å². The van der Waals surface area contributed by atoms with Crippen LogP contribution in [0.4, 0.5) is 11.4 Å². The Morgan fingerprint density at radius 3 is 1.84 bits per heavy atom. The molecule has 2 atom stereocenters. The Labute approximate surface area is 317 Å².